The van der Waals surface area contributed by atoms with Crippen molar-refractivity contribution in [1.29, 1.82) is 0 Å². The zero-order valence-corrected chi connectivity index (χ0v) is 12.8. The summed E-state index contributed by atoms with van der Waals surface area (Å²) in [5, 5.41) is 5.77. The van der Waals surface area contributed by atoms with Crippen LogP contribution in [0.15, 0.2) is 60.7 Å². The van der Waals surface area contributed by atoms with Crippen LogP contribution in [-0.2, 0) is 0 Å². The molecule has 3 aliphatic carbocycles. The molecule has 1 fully saturated rings. The Balaban J connectivity index is 1.96. The first-order valence-electron chi connectivity index (χ1n) is 8.53. The van der Waals surface area contributed by atoms with Crippen LogP contribution in [0.2, 0.25) is 0 Å². The highest BCUT2D eigenvalue weighted by atomic mass is 14.4. The first-order valence-corrected chi connectivity index (χ1v) is 8.53. The summed E-state index contributed by atoms with van der Waals surface area (Å²) in [5.41, 5.74) is 3.26. The Morgan fingerprint density at radius 3 is 2.55 bits per heavy atom. The van der Waals surface area contributed by atoms with Crippen LogP contribution in [0.1, 0.15) is 25.7 Å². The molecule has 0 bridgehead atoms. The van der Waals surface area contributed by atoms with Crippen LogP contribution in [0.5, 0.6) is 0 Å². The van der Waals surface area contributed by atoms with Crippen molar-refractivity contribution in [3.05, 3.63) is 71.1 Å². The van der Waals surface area contributed by atoms with E-state index in [1.54, 1.807) is 11.1 Å². The van der Waals surface area contributed by atoms with Gasteiger partial charge in [-0.25, -0.2) is 0 Å². The van der Waals surface area contributed by atoms with Crippen LogP contribution < -0.4 is 10.4 Å². The molecule has 22 heavy (non-hydrogen) atoms. The highest BCUT2D eigenvalue weighted by Crippen LogP contribution is 2.41. The molecule has 3 aliphatic rings. The summed E-state index contributed by atoms with van der Waals surface area (Å²) in [7, 11) is 0. The largest absolute Gasteiger partial charge is 0.0764 e. The van der Waals surface area contributed by atoms with Crippen molar-refractivity contribution >= 4 is 21.9 Å². The molecule has 2 aromatic rings. The maximum Gasteiger partial charge on any atom is 0.00930 e. The predicted molar refractivity (Wildman–Crippen MR) is 93.7 cm³/mol. The fraction of sp³-hybridized carbons (Fsp3) is 0.273. The molecule has 0 saturated heterocycles. The van der Waals surface area contributed by atoms with Gasteiger partial charge in [0.25, 0.3) is 0 Å². The summed E-state index contributed by atoms with van der Waals surface area (Å²) in [5.74, 6) is 1.34. The Morgan fingerprint density at radius 2 is 1.68 bits per heavy atom. The molecule has 0 amide bonds. The summed E-state index contributed by atoms with van der Waals surface area (Å²) in [6.07, 6.45) is 14.6. The van der Waals surface area contributed by atoms with E-state index in [0.29, 0.717) is 5.92 Å². The Hall–Kier alpha value is -2.08. The van der Waals surface area contributed by atoms with Gasteiger partial charge in [0.15, 0.2) is 0 Å². The SMILES string of the molecule is C1=CC2=c3cc4ccccc4cc3=C3CCCCC3C2C=C1. The van der Waals surface area contributed by atoms with E-state index in [1.165, 1.54) is 46.9 Å². The zero-order chi connectivity index (χ0) is 14.5. The molecule has 0 N–H and O–H groups in total. The second-order valence-corrected chi connectivity index (χ2v) is 6.85. The van der Waals surface area contributed by atoms with Gasteiger partial charge in [0, 0.05) is 5.92 Å². The average Bonchev–Trinajstić information content (AvgIpc) is 2.61. The minimum absolute atomic E-state index is 0.606. The van der Waals surface area contributed by atoms with E-state index in [4.69, 9.17) is 0 Å². The molecule has 0 aliphatic heterocycles. The summed E-state index contributed by atoms with van der Waals surface area (Å²) < 4.78 is 0. The van der Waals surface area contributed by atoms with Crippen molar-refractivity contribution in [3.8, 4) is 0 Å². The van der Waals surface area contributed by atoms with Crippen molar-refractivity contribution < 1.29 is 0 Å². The maximum atomic E-state index is 2.45. The van der Waals surface area contributed by atoms with E-state index in [2.05, 4.69) is 60.7 Å². The number of fused-ring (bicyclic) bond motifs is 5. The molecular formula is C22H20. The molecular weight excluding hydrogens is 264 g/mol. The minimum atomic E-state index is 0.606. The van der Waals surface area contributed by atoms with E-state index in [9.17, 15) is 0 Å². The normalized spacial score (nSPS) is 25.8. The minimum Gasteiger partial charge on any atom is -0.0764 e. The van der Waals surface area contributed by atoms with Crippen molar-refractivity contribution in [2.45, 2.75) is 25.7 Å². The lowest BCUT2D eigenvalue weighted by molar-refractivity contribution is 0.451. The van der Waals surface area contributed by atoms with Gasteiger partial charge < -0.3 is 0 Å². The van der Waals surface area contributed by atoms with Gasteiger partial charge in [0.1, 0.15) is 0 Å². The molecule has 5 rings (SSSR count). The average molecular weight is 284 g/mol. The first kappa shape index (κ1) is 12.5. The monoisotopic (exact) mass is 284 g/mol. The van der Waals surface area contributed by atoms with Crippen molar-refractivity contribution in [2.24, 2.45) is 11.8 Å². The number of hydrogen-bond acceptors (Lipinski definition) is 0. The third kappa shape index (κ3) is 1.70. The van der Waals surface area contributed by atoms with E-state index in [1.807, 2.05) is 0 Å². The van der Waals surface area contributed by atoms with Gasteiger partial charge in [-0.05, 0) is 64.1 Å². The van der Waals surface area contributed by atoms with Crippen LogP contribution in [-0.4, -0.2) is 0 Å². The molecule has 0 spiro atoms. The lowest BCUT2D eigenvalue weighted by atomic mass is 9.68. The van der Waals surface area contributed by atoms with Gasteiger partial charge in [0.2, 0.25) is 0 Å². The summed E-state index contributed by atoms with van der Waals surface area (Å²) >= 11 is 0. The van der Waals surface area contributed by atoms with Gasteiger partial charge >= 0.3 is 0 Å². The third-order valence-electron chi connectivity index (χ3n) is 5.70. The van der Waals surface area contributed by atoms with Crippen LogP contribution in [0.3, 0.4) is 0 Å². The zero-order valence-electron chi connectivity index (χ0n) is 12.8. The van der Waals surface area contributed by atoms with Crippen molar-refractivity contribution in [1.82, 2.24) is 0 Å². The quantitative estimate of drug-likeness (QED) is 0.683. The Morgan fingerprint density at radius 1 is 0.864 bits per heavy atom. The Kier molecular flexibility index (Phi) is 2.67. The summed E-state index contributed by atoms with van der Waals surface area (Å²) in [4.78, 5) is 0. The van der Waals surface area contributed by atoms with Crippen LogP contribution in [0.25, 0.3) is 21.9 Å². The molecule has 0 nitrogen and oxygen atoms in total. The molecule has 108 valence electrons. The number of hydrogen-bond donors (Lipinski definition) is 0. The second-order valence-electron chi connectivity index (χ2n) is 6.85. The predicted octanol–water partition coefficient (Wildman–Crippen LogP) is 4.09. The summed E-state index contributed by atoms with van der Waals surface area (Å²) in [6, 6.07) is 13.7. The topological polar surface area (TPSA) is 0 Å². The van der Waals surface area contributed by atoms with Crippen molar-refractivity contribution in [2.75, 3.05) is 0 Å². The fourth-order valence-corrected chi connectivity index (χ4v) is 4.69. The summed E-state index contributed by atoms with van der Waals surface area (Å²) in [6.45, 7) is 0. The fourth-order valence-electron chi connectivity index (χ4n) is 4.69. The highest BCUT2D eigenvalue weighted by Gasteiger charge is 2.32. The molecule has 2 aromatic carbocycles. The van der Waals surface area contributed by atoms with Crippen molar-refractivity contribution in [3.63, 3.8) is 0 Å². The maximum absolute atomic E-state index is 2.45. The van der Waals surface area contributed by atoms with E-state index in [0.717, 1.165) is 5.92 Å². The number of rotatable bonds is 0. The molecule has 0 heterocycles. The van der Waals surface area contributed by atoms with Gasteiger partial charge in [-0.2, -0.15) is 0 Å². The van der Waals surface area contributed by atoms with E-state index < -0.39 is 0 Å². The number of allylic oxidation sites excluding steroid dienone is 4. The highest BCUT2D eigenvalue weighted by molar-refractivity contribution is 5.85. The number of benzene rings is 2. The lowest BCUT2D eigenvalue weighted by Gasteiger charge is -2.36. The lowest BCUT2D eigenvalue weighted by Crippen LogP contribution is -2.40. The standard InChI is InChI=1S/C22H20/c1-2-8-16-14-22-20-12-6-4-10-18(20)17-9-3-5-11-19(17)21(22)13-15(16)7-1/h1-3,5,7-9,11,13-14,17-18H,4,6,10,12H2. The van der Waals surface area contributed by atoms with Gasteiger partial charge in [-0.1, -0.05) is 60.6 Å². The molecule has 0 radical (unpaired) electrons. The first-order chi connectivity index (χ1) is 10.9. The van der Waals surface area contributed by atoms with E-state index >= 15 is 0 Å². The van der Waals surface area contributed by atoms with Crippen LogP contribution in [0, 0.1) is 11.8 Å². The third-order valence-corrected chi connectivity index (χ3v) is 5.70. The smallest absolute Gasteiger partial charge is 0.00930 e. The van der Waals surface area contributed by atoms with E-state index in [-0.39, 0.29) is 0 Å². The molecule has 0 heteroatoms. The Bertz CT molecular complexity index is 940. The second kappa shape index (κ2) is 4.71. The van der Waals surface area contributed by atoms with Gasteiger partial charge in [-0.15, -0.1) is 0 Å². The molecule has 1 saturated carbocycles. The molecule has 2 atom stereocenters. The van der Waals surface area contributed by atoms with Gasteiger partial charge in [0.05, 0.1) is 0 Å². The Labute approximate surface area is 131 Å². The molecule has 2 unspecified atom stereocenters. The molecule has 0 aromatic heterocycles. The van der Waals surface area contributed by atoms with Gasteiger partial charge in [-0.3, -0.25) is 0 Å². The van der Waals surface area contributed by atoms with Crippen LogP contribution in [0.4, 0.5) is 0 Å². The van der Waals surface area contributed by atoms with Crippen LogP contribution >= 0.6 is 0 Å².